The van der Waals surface area contributed by atoms with Crippen LogP contribution in [-0.2, 0) is 9.59 Å². The summed E-state index contributed by atoms with van der Waals surface area (Å²) < 4.78 is 2.59. The minimum Gasteiger partial charge on any atom is -0.477 e. The number of allylic oxidation sites excluding steroid dienone is 2. The summed E-state index contributed by atoms with van der Waals surface area (Å²) in [5.41, 5.74) is 0.0321. The van der Waals surface area contributed by atoms with Crippen molar-refractivity contribution in [3.63, 3.8) is 0 Å². The molecule has 0 radical (unpaired) electrons. The highest BCUT2D eigenvalue weighted by Crippen LogP contribution is 2.54. The van der Waals surface area contributed by atoms with E-state index in [1.165, 1.54) is 28.6 Å². The SMILES string of the molecule is CCC1C=CC=CN1SC1=C(C(=O)O)N2C(=O)[C@H]([C@@H](C)O)[C@H]2S1. The average Bonchev–Trinajstić information content (AvgIpc) is 2.82. The standard InChI is InChI=1S/C15H18N2O4S2/c1-3-9-6-4-5-7-16(9)23-15-11(14(20)21)17-12(19)10(8(2)18)13(17)22-15/h4-10,13,18H,3H2,1-2H3,(H,20,21)/t8-,9?,10+,13-/m1/s1. The summed E-state index contributed by atoms with van der Waals surface area (Å²) in [6.07, 6.45) is 7.97. The highest BCUT2D eigenvalue weighted by Gasteiger charge is 2.58. The highest BCUT2D eigenvalue weighted by atomic mass is 32.2. The van der Waals surface area contributed by atoms with E-state index in [2.05, 4.69) is 13.0 Å². The van der Waals surface area contributed by atoms with E-state index in [1.54, 1.807) is 6.92 Å². The molecule has 8 heteroatoms. The number of β-lactam (4-membered cyclic amide) rings is 1. The third-order valence-electron chi connectivity index (χ3n) is 4.08. The number of hydrogen-bond donors (Lipinski definition) is 2. The number of aliphatic hydroxyl groups is 1. The second kappa shape index (κ2) is 6.26. The number of carbonyl (C=O) groups is 2. The highest BCUT2D eigenvalue weighted by molar-refractivity contribution is 8.21. The van der Waals surface area contributed by atoms with Gasteiger partial charge in [-0.25, -0.2) is 4.79 Å². The quantitative estimate of drug-likeness (QED) is 0.577. The summed E-state index contributed by atoms with van der Waals surface area (Å²) in [5.74, 6) is -1.96. The van der Waals surface area contributed by atoms with Crippen molar-refractivity contribution < 1.29 is 19.8 Å². The zero-order valence-electron chi connectivity index (χ0n) is 12.7. The molecular formula is C15H18N2O4S2. The molecule has 4 atom stereocenters. The molecule has 3 aliphatic rings. The molecule has 1 amide bonds. The molecule has 1 unspecified atom stereocenters. The number of amides is 1. The first-order chi connectivity index (χ1) is 11.0. The van der Waals surface area contributed by atoms with E-state index < -0.39 is 18.0 Å². The Morgan fingerprint density at radius 3 is 2.83 bits per heavy atom. The number of rotatable bonds is 5. The third kappa shape index (κ3) is 2.68. The number of nitrogens with zero attached hydrogens (tertiary/aromatic N) is 2. The summed E-state index contributed by atoms with van der Waals surface area (Å²) in [6, 6.07) is 0.185. The second-order valence-electron chi connectivity index (χ2n) is 5.58. The number of thioether (sulfide) groups is 1. The van der Waals surface area contributed by atoms with Crippen LogP contribution in [0.2, 0.25) is 0 Å². The molecular weight excluding hydrogens is 336 g/mol. The lowest BCUT2D eigenvalue weighted by molar-refractivity contribution is -0.156. The van der Waals surface area contributed by atoms with Crippen LogP contribution in [-0.4, -0.2) is 48.8 Å². The lowest BCUT2D eigenvalue weighted by atomic mass is 9.92. The molecule has 0 aromatic carbocycles. The Labute approximate surface area is 143 Å². The fraction of sp³-hybridized carbons (Fsp3) is 0.467. The molecule has 0 spiro atoms. The van der Waals surface area contributed by atoms with E-state index in [9.17, 15) is 19.8 Å². The van der Waals surface area contributed by atoms with Gasteiger partial charge in [0.1, 0.15) is 5.37 Å². The van der Waals surface area contributed by atoms with Crippen LogP contribution in [0.3, 0.4) is 0 Å². The molecule has 1 fully saturated rings. The van der Waals surface area contributed by atoms with Crippen molar-refractivity contribution in [2.75, 3.05) is 0 Å². The number of carboxylic acids is 1. The van der Waals surface area contributed by atoms with Crippen LogP contribution in [0, 0.1) is 5.92 Å². The van der Waals surface area contributed by atoms with Gasteiger partial charge in [0.25, 0.3) is 0 Å². The van der Waals surface area contributed by atoms with Crippen LogP contribution >= 0.6 is 23.7 Å². The van der Waals surface area contributed by atoms with E-state index in [-0.39, 0.29) is 23.0 Å². The number of carbonyl (C=O) groups excluding carboxylic acids is 1. The van der Waals surface area contributed by atoms with Gasteiger partial charge in [-0.2, -0.15) is 0 Å². The lowest BCUT2D eigenvalue weighted by Crippen LogP contribution is -2.60. The second-order valence-corrected chi connectivity index (χ2v) is 7.98. The zero-order chi connectivity index (χ0) is 16.7. The molecule has 3 aliphatic heterocycles. The Hall–Kier alpha value is -1.38. The summed E-state index contributed by atoms with van der Waals surface area (Å²) in [7, 11) is 0. The minimum absolute atomic E-state index is 0.0321. The molecule has 1 saturated heterocycles. The van der Waals surface area contributed by atoms with Gasteiger partial charge in [0, 0.05) is 6.20 Å². The molecule has 0 saturated carbocycles. The van der Waals surface area contributed by atoms with Crippen molar-refractivity contribution in [3.8, 4) is 0 Å². The minimum atomic E-state index is -1.11. The summed E-state index contributed by atoms with van der Waals surface area (Å²) in [5, 5.41) is 18.9. The molecule has 0 aromatic heterocycles. The van der Waals surface area contributed by atoms with Crippen molar-refractivity contribution >= 4 is 35.6 Å². The van der Waals surface area contributed by atoms with Gasteiger partial charge in [0.05, 0.1) is 22.3 Å². The average molecular weight is 354 g/mol. The number of fused-ring (bicyclic) bond motifs is 1. The predicted molar refractivity (Wildman–Crippen MR) is 89.8 cm³/mol. The van der Waals surface area contributed by atoms with Crippen molar-refractivity contribution in [2.45, 2.75) is 37.8 Å². The van der Waals surface area contributed by atoms with Gasteiger partial charge in [-0.15, -0.1) is 0 Å². The van der Waals surface area contributed by atoms with Crippen molar-refractivity contribution in [3.05, 3.63) is 34.4 Å². The van der Waals surface area contributed by atoms with E-state index in [4.69, 9.17) is 0 Å². The van der Waals surface area contributed by atoms with E-state index in [0.29, 0.717) is 4.24 Å². The Balaban J connectivity index is 1.84. The van der Waals surface area contributed by atoms with E-state index in [0.717, 1.165) is 6.42 Å². The molecule has 124 valence electrons. The normalized spacial score (nSPS) is 30.6. The predicted octanol–water partition coefficient (Wildman–Crippen LogP) is 1.96. The number of aliphatic carboxylic acids is 1. The lowest BCUT2D eigenvalue weighted by Gasteiger charge is -2.43. The third-order valence-corrected chi connectivity index (χ3v) is 6.71. The van der Waals surface area contributed by atoms with Crippen molar-refractivity contribution in [1.82, 2.24) is 9.21 Å². The number of carboxylic acid groups (broad SMARTS) is 1. The Morgan fingerprint density at radius 1 is 1.48 bits per heavy atom. The maximum atomic E-state index is 12.2. The maximum absolute atomic E-state index is 12.2. The van der Waals surface area contributed by atoms with Crippen LogP contribution in [0.1, 0.15) is 20.3 Å². The topological polar surface area (TPSA) is 81.1 Å². The molecule has 23 heavy (non-hydrogen) atoms. The van der Waals surface area contributed by atoms with Crippen molar-refractivity contribution in [1.29, 1.82) is 0 Å². The zero-order valence-corrected chi connectivity index (χ0v) is 14.4. The van der Waals surface area contributed by atoms with Crippen LogP contribution in [0.25, 0.3) is 0 Å². The summed E-state index contributed by atoms with van der Waals surface area (Å²) in [6.45, 7) is 3.63. The van der Waals surface area contributed by atoms with Crippen LogP contribution in [0.5, 0.6) is 0 Å². The van der Waals surface area contributed by atoms with Crippen LogP contribution in [0.15, 0.2) is 34.4 Å². The van der Waals surface area contributed by atoms with Gasteiger partial charge in [-0.1, -0.05) is 30.8 Å². The Bertz CT molecular complexity index is 629. The summed E-state index contributed by atoms with van der Waals surface area (Å²) in [4.78, 5) is 25.1. The number of aliphatic hydroxyl groups excluding tert-OH is 1. The molecule has 6 nitrogen and oxygen atoms in total. The van der Waals surface area contributed by atoms with Crippen LogP contribution in [0.4, 0.5) is 0 Å². The van der Waals surface area contributed by atoms with Gasteiger partial charge in [0.2, 0.25) is 5.91 Å². The molecule has 3 heterocycles. The first kappa shape index (κ1) is 16.5. The smallest absolute Gasteiger partial charge is 0.354 e. The molecule has 3 rings (SSSR count). The first-order valence-corrected chi connectivity index (χ1v) is 9.07. The monoisotopic (exact) mass is 354 g/mol. The maximum Gasteiger partial charge on any atom is 0.354 e. The van der Waals surface area contributed by atoms with Gasteiger partial charge < -0.3 is 14.5 Å². The fourth-order valence-corrected chi connectivity index (χ4v) is 5.84. The first-order valence-electron chi connectivity index (χ1n) is 7.42. The fourth-order valence-electron chi connectivity index (χ4n) is 2.85. The number of hydrogen-bond acceptors (Lipinski definition) is 6. The largest absolute Gasteiger partial charge is 0.477 e. The van der Waals surface area contributed by atoms with Gasteiger partial charge >= 0.3 is 5.97 Å². The van der Waals surface area contributed by atoms with Crippen molar-refractivity contribution in [2.24, 2.45) is 5.92 Å². The van der Waals surface area contributed by atoms with Gasteiger partial charge in [-0.3, -0.25) is 9.69 Å². The Kier molecular flexibility index (Phi) is 4.48. The van der Waals surface area contributed by atoms with Crippen LogP contribution < -0.4 is 0 Å². The molecule has 0 aromatic rings. The molecule has 0 bridgehead atoms. The van der Waals surface area contributed by atoms with Gasteiger partial charge in [0.15, 0.2) is 5.70 Å². The summed E-state index contributed by atoms with van der Waals surface area (Å²) >= 11 is 2.69. The Morgan fingerprint density at radius 2 is 2.22 bits per heavy atom. The molecule has 0 aliphatic carbocycles. The van der Waals surface area contributed by atoms with E-state index >= 15 is 0 Å². The molecule has 2 N–H and O–H groups in total. The van der Waals surface area contributed by atoms with E-state index in [1.807, 2.05) is 22.7 Å². The van der Waals surface area contributed by atoms with Gasteiger partial charge in [-0.05, 0) is 31.4 Å².